The molecule has 1 atom stereocenters. The molecule has 0 spiro atoms. The van der Waals surface area contributed by atoms with Crippen LogP contribution < -0.4 is 5.32 Å². The van der Waals surface area contributed by atoms with Crippen molar-refractivity contribution in [3.63, 3.8) is 0 Å². The van der Waals surface area contributed by atoms with Gasteiger partial charge in [-0.25, -0.2) is 0 Å². The molecule has 0 saturated heterocycles. The molecule has 8 heteroatoms. The number of hydrogen-bond acceptors (Lipinski definition) is 5. The lowest BCUT2D eigenvalue weighted by Crippen LogP contribution is -2.39. The Hall–Kier alpha value is -1.93. The third kappa shape index (κ3) is 3.79. The fourth-order valence-corrected chi connectivity index (χ4v) is 2.21. The second kappa shape index (κ2) is 6.68. The van der Waals surface area contributed by atoms with Gasteiger partial charge in [-0.05, 0) is 19.3 Å². The molecule has 116 valence electrons. The standard InChI is InChI=1S/C13H19N3O5/c1-21-8-9(4-5-17)14-13(18)12-6-11(16(19)20)7-15(12)10-2-3-10/h6-7,9-10,17H,2-5,8H2,1H3,(H,14,18). The lowest BCUT2D eigenvalue weighted by atomic mass is 10.2. The number of nitrogens with zero attached hydrogens (tertiary/aromatic N) is 2. The van der Waals surface area contributed by atoms with Crippen LogP contribution in [0.2, 0.25) is 0 Å². The van der Waals surface area contributed by atoms with Crippen molar-refractivity contribution in [3.05, 3.63) is 28.1 Å². The fourth-order valence-electron chi connectivity index (χ4n) is 2.21. The third-order valence-electron chi connectivity index (χ3n) is 3.40. The van der Waals surface area contributed by atoms with Crippen molar-refractivity contribution in [2.45, 2.75) is 31.3 Å². The molecule has 21 heavy (non-hydrogen) atoms. The SMILES string of the molecule is COCC(CCO)NC(=O)c1cc([N+](=O)[O-])cn1C1CC1. The first-order valence-corrected chi connectivity index (χ1v) is 6.83. The van der Waals surface area contributed by atoms with Gasteiger partial charge in [-0.2, -0.15) is 0 Å². The van der Waals surface area contributed by atoms with Crippen molar-refractivity contribution >= 4 is 11.6 Å². The van der Waals surface area contributed by atoms with E-state index in [1.54, 1.807) is 4.57 Å². The van der Waals surface area contributed by atoms with Gasteiger partial charge in [0.15, 0.2) is 0 Å². The van der Waals surface area contributed by atoms with E-state index in [0.717, 1.165) is 12.8 Å². The summed E-state index contributed by atoms with van der Waals surface area (Å²) in [5, 5.41) is 22.6. The highest BCUT2D eigenvalue weighted by molar-refractivity contribution is 5.93. The molecule has 8 nitrogen and oxygen atoms in total. The van der Waals surface area contributed by atoms with Crippen LogP contribution in [0.5, 0.6) is 0 Å². The van der Waals surface area contributed by atoms with Crippen LogP contribution in [-0.2, 0) is 4.74 Å². The number of methoxy groups -OCH3 is 1. The summed E-state index contributed by atoms with van der Waals surface area (Å²) < 4.78 is 6.65. The number of carbonyl (C=O) groups excluding carboxylic acids is 1. The zero-order valence-electron chi connectivity index (χ0n) is 11.8. The van der Waals surface area contributed by atoms with Crippen molar-refractivity contribution in [1.29, 1.82) is 0 Å². The van der Waals surface area contributed by atoms with Gasteiger partial charge in [0.2, 0.25) is 0 Å². The topological polar surface area (TPSA) is 107 Å². The van der Waals surface area contributed by atoms with E-state index in [2.05, 4.69) is 5.32 Å². The molecule has 1 aliphatic rings. The summed E-state index contributed by atoms with van der Waals surface area (Å²) >= 11 is 0. The van der Waals surface area contributed by atoms with Crippen LogP contribution >= 0.6 is 0 Å². The number of rotatable bonds is 8. The minimum atomic E-state index is -0.504. The van der Waals surface area contributed by atoms with Crippen LogP contribution in [0, 0.1) is 10.1 Å². The normalized spacial score (nSPS) is 15.7. The summed E-state index contributed by atoms with van der Waals surface area (Å²) in [6, 6.07) is 1.13. The van der Waals surface area contributed by atoms with E-state index in [9.17, 15) is 14.9 Å². The Labute approximate surface area is 121 Å². The molecule has 0 aliphatic heterocycles. The van der Waals surface area contributed by atoms with Crippen molar-refractivity contribution in [2.75, 3.05) is 20.3 Å². The molecule has 1 amide bonds. The molecule has 1 aliphatic carbocycles. The Kier molecular flexibility index (Phi) is 4.92. The number of aliphatic hydroxyl groups excluding tert-OH is 1. The Morgan fingerprint density at radius 1 is 1.67 bits per heavy atom. The molecule has 2 rings (SSSR count). The number of hydrogen-bond donors (Lipinski definition) is 2. The van der Waals surface area contributed by atoms with E-state index < -0.39 is 4.92 Å². The maximum atomic E-state index is 12.3. The maximum absolute atomic E-state index is 12.3. The molecule has 1 aromatic rings. The number of nitrogens with one attached hydrogen (secondary N) is 1. The lowest BCUT2D eigenvalue weighted by molar-refractivity contribution is -0.384. The number of amides is 1. The lowest BCUT2D eigenvalue weighted by Gasteiger charge is -2.17. The van der Waals surface area contributed by atoms with Crippen LogP contribution in [0.1, 0.15) is 35.8 Å². The van der Waals surface area contributed by atoms with E-state index >= 15 is 0 Å². The highest BCUT2D eigenvalue weighted by Crippen LogP contribution is 2.37. The molecule has 1 saturated carbocycles. The summed E-state index contributed by atoms with van der Waals surface area (Å²) in [6.45, 7) is 0.205. The van der Waals surface area contributed by atoms with Gasteiger partial charge in [-0.1, -0.05) is 0 Å². The van der Waals surface area contributed by atoms with Crippen LogP contribution in [-0.4, -0.2) is 46.9 Å². The molecule has 1 aromatic heterocycles. The molecule has 2 N–H and O–H groups in total. The van der Waals surface area contributed by atoms with Gasteiger partial charge < -0.3 is 19.7 Å². The fraction of sp³-hybridized carbons (Fsp3) is 0.615. The van der Waals surface area contributed by atoms with Crippen LogP contribution in [0.25, 0.3) is 0 Å². The quantitative estimate of drug-likeness (QED) is 0.546. The average Bonchev–Trinajstić information content (AvgIpc) is 3.17. The van der Waals surface area contributed by atoms with Crippen molar-refractivity contribution in [3.8, 4) is 0 Å². The largest absolute Gasteiger partial charge is 0.396 e. The van der Waals surface area contributed by atoms with E-state index in [0.29, 0.717) is 6.42 Å². The number of carbonyl (C=O) groups is 1. The Morgan fingerprint density at radius 3 is 2.90 bits per heavy atom. The van der Waals surface area contributed by atoms with Crippen molar-refractivity contribution in [2.24, 2.45) is 0 Å². The number of nitro groups is 1. The van der Waals surface area contributed by atoms with E-state index in [-0.39, 0.29) is 42.6 Å². The summed E-state index contributed by atoms with van der Waals surface area (Å²) in [6.07, 6.45) is 3.62. The van der Waals surface area contributed by atoms with Crippen molar-refractivity contribution < 1.29 is 19.6 Å². The highest BCUT2D eigenvalue weighted by atomic mass is 16.6. The van der Waals surface area contributed by atoms with Crippen LogP contribution in [0.15, 0.2) is 12.3 Å². The smallest absolute Gasteiger partial charge is 0.287 e. The first-order valence-electron chi connectivity index (χ1n) is 6.83. The molecule has 1 fully saturated rings. The van der Waals surface area contributed by atoms with Gasteiger partial charge in [-0.3, -0.25) is 14.9 Å². The predicted molar refractivity (Wildman–Crippen MR) is 74.2 cm³/mol. The first kappa shape index (κ1) is 15.5. The Morgan fingerprint density at radius 2 is 2.38 bits per heavy atom. The molecular formula is C13H19N3O5. The van der Waals surface area contributed by atoms with E-state index in [4.69, 9.17) is 9.84 Å². The van der Waals surface area contributed by atoms with Crippen LogP contribution in [0.3, 0.4) is 0 Å². The second-order valence-electron chi connectivity index (χ2n) is 5.12. The molecule has 0 radical (unpaired) electrons. The van der Waals surface area contributed by atoms with E-state index in [1.807, 2.05) is 0 Å². The summed E-state index contributed by atoms with van der Waals surface area (Å²) in [7, 11) is 1.51. The monoisotopic (exact) mass is 297 g/mol. The molecule has 0 bridgehead atoms. The van der Waals surface area contributed by atoms with Gasteiger partial charge in [0.1, 0.15) is 5.69 Å². The van der Waals surface area contributed by atoms with E-state index in [1.165, 1.54) is 19.4 Å². The number of aromatic nitrogens is 1. The summed E-state index contributed by atoms with van der Waals surface area (Å²) in [5.74, 6) is -0.384. The minimum absolute atomic E-state index is 0.0713. The van der Waals surface area contributed by atoms with Crippen molar-refractivity contribution in [1.82, 2.24) is 9.88 Å². The average molecular weight is 297 g/mol. The molecule has 1 heterocycles. The van der Waals surface area contributed by atoms with Gasteiger partial charge in [0.25, 0.3) is 11.6 Å². The second-order valence-corrected chi connectivity index (χ2v) is 5.12. The third-order valence-corrected chi connectivity index (χ3v) is 3.40. The zero-order valence-corrected chi connectivity index (χ0v) is 11.8. The Balaban J connectivity index is 2.15. The predicted octanol–water partition coefficient (Wildman–Crippen LogP) is 0.858. The van der Waals surface area contributed by atoms with Crippen LogP contribution in [0.4, 0.5) is 5.69 Å². The summed E-state index contributed by atoms with van der Waals surface area (Å²) in [5.41, 5.74) is 0.195. The maximum Gasteiger partial charge on any atom is 0.287 e. The van der Waals surface area contributed by atoms with Gasteiger partial charge in [-0.15, -0.1) is 0 Å². The summed E-state index contributed by atoms with van der Waals surface area (Å²) in [4.78, 5) is 22.7. The molecule has 1 unspecified atom stereocenters. The number of ether oxygens (including phenoxy) is 1. The molecule has 0 aromatic carbocycles. The van der Waals surface area contributed by atoms with Gasteiger partial charge in [0, 0.05) is 25.8 Å². The molecular weight excluding hydrogens is 278 g/mol. The highest BCUT2D eigenvalue weighted by Gasteiger charge is 2.30. The number of aliphatic hydroxyl groups is 1. The van der Waals surface area contributed by atoms with Gasteiger partial charge >= 0.3 is 0 Å². The Bertz CT molecular complexity index is 518. The van der Waals surface area contributed by atoms with Gasteiger partial charge in [0.05, 0.1) is 23.8 Å². The minimum Gasteiger partial charge on any atom is -0.396 e. The first-order chi connectivity index (χ1) is 10.1. The zero-order chi connectivity index (χ0) is 15.4.